The van der Waals surface area contributed by atoms with E-state index < -0.39 is 0 Å². The van der Waals surface area contributed by atoms with E-state index >= 15 is 0 Å². The number of benzene rings is 1. The summed E-state index contributed by atoms with van der Waals surface area (Å²) in [4.78, 5) is 48.1. The summed E-state index contributed by atoms with van der Waals surface area (Å²) >= 11 is 3.24. The lowest BCUT2D eigenvalue weighted by Gasteiger charge is -2.14. The number of thioether (sulfide) groups is 1. The molecule has 0 bridgehead atoms. The van der Waals surface area contributed by atoms with Gasteiger partial charge in [-0.2, -0.15) is 0 Å². The lowest BCUT2D eigenvalue weighted by molar-refractivity contribution is -0.118. The van der Waals surface area contributed by atoms with Gasteiger partial charge in [-0.3, -0.25) is 24.1 Å². The maximum atomic E-state index is 12.1. The third kappa shape index (κ3) is 4.54. The summed E-state index contributed by atoms with van der Waals surface area (Å²) in [6.07, 6.45) is 0. The van der Waals surface area contributed by atoms with E-state index in [0.29, 0.717) is 21.3 Å². The predicted octanol–water partition coefficient (Wildman–Crippen LogP) is 1.14. The van der Waals surface area contributed by atoms with E-state index in [-0.39, 0.29) is 42.3 Å². The van der Waals surface area contributed by atoms with Crippen molar-refractivity contribution in [1.29, 1.82) is 0 Å². The fourth-order valence-corrected chi connectivity index (χ4v) is 3.45. The van der Waals surface area contributed by atoms with Crippen LogP contribution in [0.15, 0.2) is 24.3 Å². The number of hydrogen-bond acceptors (Lipinski definition) is 5. The maximum absolute atomic E-state index is 12.1. The summed E-state index contributed by atoms with van der Waals surface area (Å²) in [6, 6.07) is 6.66. The van der Waals surface area contributed by atoms with Crippen LogP contribution in [0.3, 0.4) is 0 Å². The molecular weight excluding hydrogens is 431 g/mol. The summed E-state index contributed by atoms with van der Waals surface area (Å²) in [5.74, 6) is -0.287. The molecule has 0 atom stereocenters. The number of halogens is 1. The average molecular weight is 446 g/mol. The highest BCUT2D eigenvalue weighted by molar-refractivity contribution is 14.1. The van der Waals surface area contributed by atoms with E-state index in [0.717, 1.165) is 4.90 Å². The molecule has 1 aliphatic heterocycles. The summed E-state index contributed by atoms with van der Waals surface area (Å²) in [6.45, 7) is 0.334. The second kappa shape index (κ2) is 8.44. The third-order valence-electron chi connectivity index (χ3n) is 3.18. The van der Waals surface area contributed by atoms with Crippen molar-refractivity contribution in [3.05, 3.63) is 35.4 Å². The van der Waals surface area contributed by atoms with Crippen LogP contribution in [0.1, 0.15) is 20.7 Å². The van der Waals surface area contributed by atoms with E-state index in [1.165, 1.54) is 11.8 Å². The molecule has 6 nitrogen and oxygen atoms in total. The van der Waals surface area contributed by atoms with Crippen LogP contribution in [0.4, 0.5) is 0 Å². The SMILES string of the molecule is O=C(CI)CSCC(=O)NCCN1C(=O)c2ccccc2C1=O. The minimum atomic E-state index is -0.332. The molecule has 1 aromatic carbocycles. The van der Waals surface area contributed by atoms with Crippen LogP contribution in [0.2, 0.25) is 0 Å². The van der Waals surface area contributed by atoms with Crippen LogP contribution in [0.5, 0.6) is 0 Å². The number of carbonyl (C=O) groups excluding carboxylic acids is 4. The first-order valence-electron chi connectivity index (χ1n) is 6.92. The molecular formula is C15H15IN2O4S. The molecule has 2 rings (SSSR count). The Morgan fingerprint density at radius 2 is 1.70 bits per heavy atom. The topological polar surface area (TPSA) is 83.6 Å². The number of imide groups is 1. The predicted molar refractivity (Wildman–Crippen MR) is 96.0 cm³/mol. The van der Waals surface area contributed by atoms with Gasteiger partial charge in [-0.15, -0.1) is 11.8 Å². The average Bonchev–Trinajstić information content (AvgIpc) is 2.80. The Morgan fingerprint density at radius 3 is 2.26 bits per heavy atom. The van der Waals surface area contributed by atoms with Gasteiger partial charge in [-0.1, -0.05) is 34.7 Å². The van der Waals surface area contributed by atoms with Crippen molar-refractivity contribution in [3.63, 3.8) is 0 Å². The standard InChI is InChI=1S/C15H15IN2O4S/c16-7-10(19)8-23-9-13(20)17-5-6-18-14(21)11-3-1-2-4-12(11)15(18)22/h1-4H,5-9H2,(H,17,20). The lowest BCUT2D eigenvalue weighted by Crippen LogP contribution is -2.38. The molecule has 1 aromatic rings. The maximum Gasteiger partial charge on any atom is 0.261 e. The van der Waals surface area contributed by atoms with Gasteiger partial charge in [0, 0.05) is 13.1 Å². The van der Waals surface area contributed by atoms with Crippen LogP contribution < -0.4 is 5.32 Å². The molecule has 0 aliphatic carbocycles. The van der Waals surface area contributed by atoms with E-state index in [1.807, 2.05) is 22.6 Å². The number of alkyl halides is 1. The number of nitrogens with zero attached hydrogens (tertiary/aromatic N) is 1. The van der Waals surface area contributed by atoms with Gasteiger partial charge >= 0.3 is 0 Å². The molecule has 0 radical (unpaired) electrons. The van der Waals surface area contributed by atoms with Gasteiger partial charge in [-0.25, -0.2) is 0 Å². The smallest absolute Gasteiger partial charge is 0.261 e. The number of ketones is 1. The fraction of sp³-hybridized carbons (Fsp3) is 0.333. The van der Waals surface area contributed by atoms with Crippen molar-refractivity contribution in [1.82, 2.24) is 10.2 Å². The molecule has 0 spiro atoms. The molecule has 3 amide bonds. The van der Waals surface area contributed by atoms with Crippen molar-refractivity contribution >= 4 is 57.9 Å². The summed E-state index contributed by atoms with van der Waals surface area (Å²) in [5.41, 5.74) is 0.799. The Bertz CT molecular complexity index is 615. The van der Waals surface area contributed by atoms with Gasteiger partial charge in [0.15, 0.2) is 5.78 Å². The van der Waals surface area contributed by atoms with Crippen LogP contribution in [-0.4, -0.2) is 57.4 Å². The Morgan fingerprint density at radius 1 is 1.09 bits per heavy atom. The quantitative estimate of drug-likeness (QED) is 0.368. The fourth-order valence-electron chi connectivity index (χ4n) is 2.10. The van der Waals surface area contributed by atoms with Gasteiger partial charge in [0.05, 0.1) is 27.1 Å². The molecule has 1 heterocycles. The van der Waals surface area contributed by atoms with Gasteiger partial charge in [-0.05, 0) is 12.1 Å². The minimum absolute atomic E-state index is 0.0921. The van der Waals surface area contributed by atoms with Crippen LogP contribution >= 0.6 is 34.4 Å². The molecule has 8 heteroatoms. The van der Waals surface area contributed by atoms with Gasteiger partial charge in [0.25, 0.3) is 11.8 Å². The molecule has 122 valence electrons. The molecule has 0 aromatic heterocycles. The van der Waals surface area contributed by atoms with Crippen molar-refractivity contribution in [3.8, 4) is 0 Å². The molecule has 0 unspecified atom stereocenters. The van der Waals surface area contributed by atoms with Gasteiger partial charge < -0.3 is 5.32 Å². The van der Waals surface area contributed by atoms with E-state index in [4.69, 9.17) is 0 Å². The number of rotatable bonds is 8. The van der Waals surface area contributed by atoms with Crippen molar-refractivity contribution < 1.29 is 19.2 Å². The Labute approximate surface area is 151 Å². The van der Waals surface area contributed by atoms with Gasteiger partial charge in [0.1, 0.15) is 0 Å². The first kappa shape index (κ1) is 17.9. The normalized spacial score (nSPS) is 13.2. The molecule has 0 saturated heterocycles. The number of hydrogen-bond donors (Lipinski definition) is 1. The number of amides is 3. The monoisotopic (exact) mass is 446 g/mol. The summed E-state index contributed by atoms with van der Waals surface area (Å²) in [7, 11) is 0. The second-order valence-corrected chi connectivity index (χ2v) is 6.57. The highest BCUT2D eigenvalue weighted by Gasteiger charge is 2.34. The lowest BCUT2D eigenvalue weighted by atomic mass is 10.1. The molecule has 1 N–H and O–H groups in total. The zero-order valence-corrected chi connectivity index (χ0v) is 15.2. The summed E-state index contributed by atoms with van der Waals surface area (Å²) < 4.78 is 0.437. The minimum Gasteiger partial charge on any atom is -0.354 e. The van der Waals surface area contributed by atoms with Crippen molar-refractivity contribution in [2.24, 2.45) is 0 Å². The number of carbonyl (C=O) groups is 4. The highest BCUT2D eigenvalue weighted by atomic mass is 127. The molecule has 23 heavy (non-hydrogen) atoms. The Balaban J connectivity index is 1.75. The molecule has 0 fully saturated rings. The van der Waals surface area contributed by atoms with E-state index in [9.17, 15) is 19.2 Å². The second-order valence-electron chi connectivity index (χ2n) is 4.82. The Hall–Kier alpha value is -1.42. The third-order valence-corrected chi connectivity index (χ3v) is 5.02. The van der Waals surface area contributed by atoms with E-state index in [2.05, 4.69) is 5.32 Å². The Kier molecular flexibility index (Phi) is 6.58. The number of nitrogens with one attached hydrogen (secondary N) is 1. The van der Waals surface area contributed by atoms with E-state index in [1.54, 1.807) is 24.3 Å². The summed E-state index contributed by atoms with van der Waals surface area (Å²) in [5, 5.41) is 2.65. The van der Waals surface area contributed by atoms with Crippen LogP contribution in [0.25, 0.3) is 0 Å². The van der Waals surface area contributed by atoms with Crippen molar-refractivity contribution in [2.75, 3.05) is 29.0 Å². The van der Waals surface area contributed by atoms with Crippen LogP contribution in [0, 0.1) is 0 Å². The molecule has 0 saturated carbocycles. The zero-order valence-electron chi connectivity index (χ0n) is 12.2. The molecule has 1 aliphatic rings. The van der Waals surface area contributed by atoms with Crippen molar-refractivity contribution in [2.45, 2.75) is 0 Å². The number of Topliss-reactive ketones (excluding diaryl/α,β-unsaturated/α-hetero) is 1. The van der Waals surface area contributed by atoms with Gasteiger partial charge in [0.2, 0.25) is 5.91 Å². The first-order chi connectivity index (χ1) is 11.0. The first-order valence-corrected chi connectivity index (χ1v) is 9.60. The van der Waals surface area contributed by atoms with Crippen LogP contribution in [-0.2, 0) is 9.59 Å². The highest BCUT2D eigenvalue weighted by Crippen LogP contribution is 2.21. The largest absolute Gasteiger partial charge is 0.354 e. The number of fused-ring (bicyclic) bond motifs is 1. The zero-order chi connectivity index (χ0) is 16.8.